The number of thioether (sulfide) groups is 1. The van der Waals surface area contributed by atoms with Gasteiger partial charge in [-0.2, -0.15) is 0 Å². The average molecular weight is 581 g/mol. The summed E-state index contributed by atoms with van der Waals surface area (Å²) in [6.07, 6.45) is 5.69. The predicted octanol–water partition coefficient (Wildman–Crippen LogP) is 2.14. The van der Waals surface area contributed by atoms with E-state index >= 15 is 0 Å². The van der Waals surface area contributed by atoms with Crippen LogP contribution in [0.15, 0.2) is 28.1 Å². The first-order valence-electron chi connectivity index (χ1n) is 11.7. The van der Waals surface area contributed by atoms with Gasteiger partial charge in [-0.1, -0.05) is 21.4 Å². The number of carboxylic acids is 3. The molecule has 1 saturated heterocycles. The van der Waals surface area contributed by atoms with E-state index in [4.69, 9.17) is 24.9 Å². The fourth-order valence-corrected chi connectivity index (χ4v) is 4.99. The molecule has 39 heavy (non-hydrogen) atoms. The van der Waals surface area contributed by atoms with Crippen molar-refractivity contribution in [2.75, 3.05) is 19.3 Å². The smallest absolute Gasteiger partial charge is 0.336 e. The average Bonchev–Trinajstić information content (AvgIpc) is 3.53. The molecule has 0 amide bonds. The highest BCUT2D eigenvalue weighted by molar-refractivity contribution is 7.98. The van der Waals surface area contributed by atoms with Crippen molar-refractivity contribution in [3.8, 4) is 10.6 Å². The van der Waals surface area contributed by atoms with Crippen LogP contribution in [0.1, 0.15) is 48.6 Å². The normalized spacial score (nSPS) is 14.4. The number of hydrogen-bond donors (Lipinski definition) is 4. The molecule has 0 bridgehead atoms. The maximum atomic E-state index is 10.3. The number of aliphatic hydroxyl groups is 1. The topological polar surface area (TPSA) is 213 Å². The van der Waals surface area contributed by atoms with Gasteiger partial charge in [0, 0.05) is 36.5 Å². The zero-order valence-corrected chi connectivity index (χ0v) is 22.8. The molecule has 1 fully saturated rings. The van der Waals surface area contributed by atoms with Gasteiger partial charge in [0.15, 0.2) is 16.5 Å². The molecule has 0 atom stereocenters. The SMILES string of the molecule is CSc1ncc(CN2CCC(c3nnsc3-c3cc(C)no3)CC2)cn1.O=C(O)CC(O)(CC(=O)O)C(=O)O. The molecule has 14 nitrogen and oxygen atoms in total. The summed E-state index contributed by atoms with van der Waals surface area (Å²) in [5.41, 5.74) is 0.356. The number of rotatable bonds is 10. The Morgan fingerprint density at radius 2 is 1.74 bits per heavy atom. The Bertz CT molecular complexity index is 1260. The number of carbonyl (C=O) groups is 3. The van der Waals surface area contributed by atoms with Crippen LogP contribution in [0, 0.1) is 6.92 Å². The second-order valence-electron chi connectivity index (χ2n) is 8.93. The lowest BCUT2D eigenvalue weighted by molar-refractivity contribution is -0.170. The third kappa shape index (κ3) is 8.51. The van der Waals surface area contributed by atoms with Crippen LogP contribution in [-0.4, -0.2) is 92.9 Å². The van der Waals surface area contributed by atoms with E-state index in [1.807, 2.05) is 31.6 Å². The maximum Gasteiger partial charge on any atom is 0.336 e. The van der Waals surface area contributed by atoms with Crippen molar-refractivity contribution in [3.05, 3.63) is 35.4 Å². The summed E-state index contributed by atoms with van der Waals surface area (Å²) in [4.78, 5) is 42.7. The van der Waals surface area contributed by atoms with Crippen molar-refractivity contribution < 1.29 is 39.3 Å². The first-order valence-corrected chi connectivity index (χ1v) is 13.7. The minimum absolute atomic E-state index is 0.417. The van der Waals surface area contributed by atoms with Crippen LogP contribution in [-0.2, 0) is 20.9 Å². The predicted molar refractivity (Wildman–Crippen MR) is 138 cm³/mol. The molecule has 4 rings (SSSR count). The lowest BCUT2D eigenvalue weighted by Gasteiger charge is -2.31. The van der Waals surface area contributed by atoms with Gasteiger partial charge in [0.05, 0.1) is 24.2 Å². The van der Waals surface area contributed by atoms with Gasteiger partial charge >= 0.3 is 17.9 Å². The summed E-state index contributed by atoms with van der Waals surface area (Å²) < 4.78 is 9.57. The molecular formula is C23H28N6O8S2. The second kappa shape index (κ2) is 13.5. The van der Waals surface area contributed by atoms with Gasteiger partial charge in [-0.3, -0.25) is 14.5 Å². The van der Waals surface area contributed by atoms with E-state index in [0.29, 0.717) is 5.92 Å². The standard InChI is InChI=1S/C17H20N6OS2.C6H8O7/c1-11-7-14(24-21-11)16-15(20-22-26-16)13-3-5-23(6-4-13)10-12-8-18-17(25-2)19-9-12;7-3(8)1-6(13,5(11)12)2-4(9)10/h7-9,13H,3-6,10H2,1-2H3;13H,1-2H2,(H,7,8)(H,9,10)(H,11,12). The molecule has 3 aromatic heterocycles. The Morgan fingerprint density at radius 3 is 2.23 bits per heavy atom. The van der Waals surface area contributed by atoms with Crippen LogP contribution >= 0.6 is 23.3 Å². The van der Waals surface area contributed by atoms with E-state index in [0.717, 1.165) is 65.2 Å². The van der Waals surface area contributed by atoms with Gasteiger partial charge in [0.1, 0.15) is 4.88 Å². The molecule has 4 heterocycles. The van der Waals surface area contributed by atoms with Gasteiger partial charge in [0.25, 0.3) is 0 Å². The number of hydrogen-bond acceptors (Lipinski definition) is 13. The number of carboxylic acid groups (broad SMARTS) is 3. The minimum Gasteiger partial charge on any atom is -0.481 e. The minimum atomic E-state index is -2.74. The fourth-order valence-electron chi connectivity index (χ4n) is 3.97. The van der Waals surface area contributed by atoms with Gasteiger partial charge in [0.2, 0.25) is 0 Å². The molecule has 1 aliphatic rings. The first-order chi connectivity index (χ1) is 18.5. The largest absolute Gasteiger partial charge is 0.481 e. The van der Waals surface area contributed by atoms with Crippen LogP contribution in [0.4, 0.5) is 0 Å². The zero-order chi connectivity index (χ0) is 28.6. The Labute approximate surface area is 231 Å². The Hall–Kier alpha value is -3.47. The molecule has 4 N–H and O–H groups in total. The quantitative estimate of drug-likeness (QED) is 0.200. The van der Waals surface area contributed by atoms with Crippen molar-refractivity contribution in [3.63, 3.8) is 0 Å². The molecule has 0 spiro atoms. The van der Waals surface area contributed by atoms with E-state index in [1.165, 1.54) is 11.5 Å². The van der Waals surface area contributed by atoms with Crippen LogP contribution in [0.2, 0.25) is 0 Å². The summed E-state index contributed by atoms with van der Waals surface area (Å²) in [6, 6.07) is 1.95. The van der Waals surface area contributed by atoms with Crippen molar-refractivity contribution in [2.24, 2.45) is 0 Å². The number of aryl methyl sites for hydroxylation is 1. The highest BCUT2D eigenvalue weighted by Gasteiger charge is 2.40. The summed E-state index contributed by atoms with van der Waals surface area (Å²) in [6.45, 7) is 4.88. The van der Waals surface area contributed by atoms with Crippen molar-refractivity contribution in [2.45, 2.75) is 55.8 Å². The van der Waals surface area contributed by atoms with Crippen LogP contribution in [0.25, 0.3) is 10.6 Å². The molecule has 210 valence electrons. The van der Waals surface area contributed by atoms with Gasteiger partial charge in [-0.15, -0.1) is 5.10 Å². The lowest BCUT2D eigenvalue weighted by Crippen LogP contribution is -2.42. The Balaban J connectivity index is 0.000000276. The summed E-state index contributed by atoms with van der Waals surface area (Å²) in [7, 11) is 0. The summed E-state index contributed by atoms with van der Waals surface area (Å²) in [5, 5.41) is 43.0. The van der Waals surface area contributed by atoms with Crippen molar-refractivity contribution in [1.82, 2.24) is 29.6 Å². The summed E-state index contributed by atoms with van der Waals surface area (Å²) >= 11 is 2.95. The first kappa shape index (κ1) is 30.1. The monoisotopic (exact) mass is 580 g/mol. The number of aromatic nitrogens is 5. The molecule has 0 aromatic carbocycles. The van der Waals surface area contributed by atoms with Crippen molar-refractivity contribution >= 4 is 41.2 Å². The molecular weight excluding hydrogens is 552 g/mol. The summed E-state index contributed by atoms with van der Waals surface area (Å²) in [5.74, 6) is -3.82. The third-order valence-electron chi connectivity index (χ3n) is 5.90. The van der Waals surface area contributed by atoms with Gasteiger partial charge < -0.3 is 24.9 Å². The molecule has 0 aliphatic carbocycles. The van der Waals surface area contributed by atoms with Crippen molar-refractivity contribution in [1.29, 1.82) is 0 Å². The molecule has 0 radical (unpaired) electrons. The third-order valence-corrected chi connectivity index (χ3v) is 7.23. The van der Waals surface area contributed by atoms with Crippen LogP contribution in [0.5, 0.6) is 0 Å². The number of likely N-dealkylation sites (tertiary alicyclic amines) is 1. The van der Waals surface area contributed by atoms with Gasteiger partial charge in [-0.25, -0.2) is 14.8 Å². The van der Waals surface area contributed by atoms with E-state index in [-0.39, 0.29) is 0 Å². The van der Waals surface area contributed by atoms with Crippen LogP contribution in [0.3, 0.4) is 0 Å². The highest BCUT2D eigenvalue weighted by Crippen LogP contribution is 2.36. The molecule has 16 heteroatoms. The Kier molecular flexibility index (Phi) is 10.4. The van der Waals surface area contributed by atoms with E-state index in [1.54, 1.807) is 11.8 Å². The lowest BCUT2D eigenvalue weighted by atomic mass is 9.92. The number of aliphatic carboxylic acids is 3. The highest BCUT2D eigenvalue weighted by atomic mass is 32.2. The zero-order valence-electron chi connectivity index (χ0n) is 21.2. The molecule has 3 aromatic rings. The molecule has 0 saturated carbocycles. The van der Waals surface area contributed by atoms with E-state index in [2.05, 4.69) is 29.6 Å². The number of piperidine rings is 1. The van der Waals surface area contributed by atoms with Gasteiger partial charge in [-0.05, 0) is 50.6 Å². The number of nitrogens with zero attached hydrogens (tertiary/aromatic N) is 6. The fraction of sp³-hybridized carbons (Fsp3) is 0.478. The molecule has 0 unspecified atom stereocenters. The second-order valence-corrected chi connectivity index (χ2v) is 10.5. The van der Waals surface area contributed by atoms with E-state index < -0.39 is 36.4 Å². The Morgan fingerprint density at radius 1 is 1.13 bits per heavy atom. The maximum absolute atomic E-state index is 10.3. The molecule has 1 aliphatic heterocycles. The van der Waals surface area contributed by atoms with E-state index in [9.17, 15) is 14.4 Å². The van der Waals surface area contributed by atoms with Crippen LogP contribution < -0.4 is 0 Å².